The summed E-state index contributed by atoms with van der Waals surface area (Å²) in [5, 5.41) is 16.7. The van der Waals surface area contributed by atoms with Crippen molar-refractivity contribution in [1.29, 1.82) is 0 Å². The molecular formula is C25H29N3O3. The third-order valence-electron chi connectivity index (χ3n) is 7.22. The Morgan fingerprint density at radius 1 is 1.26 bits per heavy atom. The molecule has 0 unspecified atom stereocenters. The first-order valence-corrected chi connectivity index (χ1v) is 11.2. The van der Waals surface area contributed by atoms with Crippen LogP contribution in [0.3, 0.4) is 0 Å². The molecule has 2 aromatic rings. The van der Waals surface area contributed by atoms with Crippen LogP contribution in [0, 0.1) is 11.8 Å². The Labute approximate surface area is 182 Å². The van der Waals surface area contributed by atoms with Gasteiger partial charge in [-0.3, -0.25) is 14.9 Å². The predicted octanol–water partition coefficient (Wildman–Crippen LogP) is 2.54. The maximum absolute atomic E-state index is 13.1. The summed E-state index contributed by atoms with van der Waals surface area (Å²) in [6, 6.07) is 13.1. The molecule has 0 saturated carbocycles. The fourth-order valence-corrected chi connectivity index (χ4v) is 5.54. The number of allylic oxidation sites excluding steroid dienone is 2. The third kappa shape index (κ3) is 3.44. The van der Waals surface area contributed by atoms with Crippen LogP contribution in [0.5, 0.6) is 0 Å². The summed E-state index contributed by atoms with van der Waals surface area (Å²) in [5.74, 6) is -0.318. The van der Waals surface area contributed by atoms with Gasteiger partial charge < -0.3 is 15.0 Å². The number of benzene rings is 1. The Morgan fingerprint density at radius 2 is 2.06 bits per heavy atom. The third-order valence-corrected chi connectivity index (χ3v) is 7.22. The Hall–Kier alpha value is -2.70. The van der Waals surface area contributed by atoms with E-state index >= 15 is 0 Å². The van der Waals surface area contributed by atoms with Crippen LogP contribution >= 0.6 is 0 Å². The van der Waals surface area contributed by atoms with Gasteiger partial charge in [0, 0.05) is 36.2 Å². The Balaban J connectivity index is 1.37. The van der Waals surface area contributed by atoms with Crippen LogP contribution in [0.2, 0.25) is 0 Å². The van der Waals surface area contributed by atoms with Crippen LogP contribution in [0.25, 0.3) is 5.57 Å². The van der Waals surface area contributed by atoms with E-state index in [1.807, 2.05) is 54.0 Å². The normalized spacial score (nSPS) is 27.5. The van der Waals surface area contributed by atoms with Crippen molar-refractivity contribution in [2.24, 2.45) is 11.8 Å². The molecule has 3 heterocycles. The zero-order chi connectivity index (χ0) is 21.5. The number of pyridine rings is 1. The lowest BCUT2D eigenvalue weighted by Crippen LogP contribution is -2.46. The van der Waals surface area contributed by atoms with Gasteiger partial charge in [-0.2, -0.15) is 0 Å². The Bertz CT molecular complexity index is 1080. The molecule has 1 aliphatic carbocycles. The van der Waals surface area contributed by atoms with Crippen molar-refractivity contribution in [3.63, 3.8) is 0 Å². The minimum absolute atomic E-state index is 0.0216. The molecule has 6 nitrogen and oxygen atoms in total. The molecule has 1 fully saturated rings. The highest BCUT2D eigenvalue weighted by molar-refractivity contribution is 5.83. The number of aromatic nitrogens is 1. The van der Waals surface area contributed by atoms with Crippen molar-refractivity contribution in [2.45, 2.75) is 50.9 Å². The van der Waals surface area contributed by atoms with Crippen LogP contribution in [0.4, 0.5) is 0 Å². The van der Waals surface area contributed by atoms with Gasteiger partial charge in [-0.25, -0.2) is 0 Å². The molecule has 1 aromatic carbocycles. The van der Waals surface area contributed by atoms with Gasteiger partial charge in [-0.1, -0.05) is 36.4 Å². The lowest BCUT2D eigenvalue weighted by Gasteiger charge is -2.23. The fourth-order valence-electron chi connectivity index (χ4n) is 5.54. The molecule has 3 N–H and O–H groups in total. The van der Waals surface area contributed by atoms with Gasteiger partial charge in [0.15, 0.2) is 0 Å². The summed E-state index contributed by atoms with van der Waals surface area (Å²) in [5.41, 5.74) is 3.96. The number of nitrogens with one attached hydrogen (secondary N) is 2. The number of aliphatic hydroxyl groups excluding tert-OH is 1. The van der Waals surface area contributed by atoms with E-state index in [0.29, 0.717) is 6.54 Å². The molecule has 0 bridgehead atoms. The standard InChI is InChI=1S/C25H29N3O3/c1-15(16-7-3-2-4-8-16)26-24(30)23-20(14-29)19-13-28-21(22(19)27-23)12-11-18(25(28)31)17-9-5-6-10-17/h2-4,7-9,11-12,15,19-20,22-23,27,29H,5-6,10,13-14H2,1H3,(H,26,30)/t15-,19+,20+,22-,23+/m0/s1. The number of amides is 1. The lowest BCUT2D eigenvalue weighted by molar-refractivity contribution is -0.125. The zero-order valence-electron chi connectivity index (χ0n) is 17.8. The summed E-state index contributed by atoms with van der Waals surface area (Å²) in [6.07, 6.45) is 5.27. The number of hydrogen-bond donors (Lipinski definition) is 3. The molecule has 0 spiro atoms. The summed E-state index contributed by atoms with van der Waals surface area (Å²) >= 11 is 0. The minimum Gasteiger partial charge on any atom is -0.396 e. The molecule has 31 heavy (non-hydrogen) atoms. The predicted molar refractivity (Wildman–Crippen MR) is 119 cm³/mol. The smallest absolute Gasteiger partial charge is 0.258 e. The maximum Gasteiger partial charge on any atom is 0.258 e. The highest BCUT2D eigenvalue weighted by Gasteiger charge is 2.50. The van der Waals surface area contributed by atoms with Crippen LogP contribution < -0.4 is 16.2 Å². The molecule has 1 saturated heterocycles. The highest BCUT2D eigenvalue weighted by Crippen LogP contribution is 2.43. The van der Waals surface area contributed by atoms with E-state index in [-0.39, 0.29) is 42.0 Å². The van der Waals surface area contributed by atoms with E-state index in [9.17, 15) is 14.7 Å². The van der Waals surface area contributed by atoms with Crippen molar-refractivity contribution in [3.8, 4) is 0 Å². The number of carbonyl (C=O) groups excluding carboxylic acids is 1. The lowest BCUT2D eigenvalue weighted by atomic mass is 9.88. The second kappa shape index (κ2) is 8.09. The van der Waals surface area contributed by atoms with E-state index in [4.69, 9.17) is 0 Å². The van der Waals surface area contributed by atoms with Gasteiger partial charge in [-0.15, -0.1) is 0 Å². The largest absolute Gasteiger partial charge is 0.396 e. The first kappa shape index (κ1) is 20.2. The Kier molecular flexibility index (Phi) is 5.28. The van der Waals surface area contributed by atoms with Gasteiger partial charge in [0.05, 0.1) is 18.1 Å². The topological polar surface area (TPSA) is 83.4 Å². The second-order valence-corrected chi connectivity index (χ2v) is 8.98. The average Bonchev–Trinajstić information content (AvgIpc) is 3.50. The van der Waals surface area contributed by atoms with Crippen molar-refractivity contribution in [1.82, 2.24) is 15.2 Å². The van der Waals surface area contributed by atoms with Gasteiger partial charge >= 0.3 is 0 Å². The molecule has 5 atom stereocenters. The van der Waals surface area contributed by atoms with E-state index in [1.54, 1.807) is 0 Å². The zero-order valence-corrected chi connectivity index (χ0v) is 17.8. The van der Waals surface area contributed by atoms with E-state index in [1.165, 1.54) is 0 Å². The number of rotatable bonds is 5. The van der Waals surface area contributed by atoms with Crippen LogP contribution in [0.1, 0.15) is 55.1 Å². The average molecular weight is 420 g/mol. The quantitative estimate of drug-likeness (QED) is 0.696. The maximum atomic E-state index is 13.1. The SMILES string of the molecule is C[C@H](NC(=O)[C@@H]1N[C@@H]2c3ccc(C4=CCCC4)c(=O)n3C[C@@H]2[C@H]1CO)c1ccccc1. The summed E-state index contributed by atoms with van der Waals surface area (Å²) in [6.45, 7) is 2.41. The number of nitrogens with zero attached hydrogens (tertiary/aromatic N) is 1. The molecule has 6 heteroatoms. The minimum atomic E-state index is -0.479. The number of carbonyl (C=O) groups is 1. The van der Waals surface area contributed by atoms with E-state index in [0.717, 1.165) is 41.7 Å². The van der Waals surface area contributed by atoms with Gasteiger partial charge in [0.2, 0.25) is 5.91 Å². The monoisotopic (exact) mass is 419 g/mol. The van der Waals surface area contributed by atoms with Crippen molar-refractivity contribution in [3.05, 3.63) is 75.7 Å². The molecule has 162 valence electrons. The first-order chi connectivity index (χ1) is 15.1. The number of fused-ring (bicyclic) bond motifs is 3. The summed E-state index contributed by atoms with van der Waals surface area (Å²) in [4.78, 5) is 26.2. The van der Waals surface area contributed by atoms with Gasteiger partial charge in [0.25, 0.3) is 5.56 Å². The molecule has 1 aromatic heterocycles. The van der Waals surface area contributed by atoms with Crippen molar-refractivity contribution < 1.29 is 9.90 Å². The number of aliphatic hydroxyl groups is 1. The fraction of sp³-hybridized carbons (Fsp3) is 0.440. The molecule has 2 aliphatic heterocycles. The van der Waals surface area contributed by atoms with Crippen LogP contribution in [-0.2, 0) is 11.3 Å². The van der Waals surface area contributed by atoms with Gasteiger partial charge in [0.1, 0.15) is 0 Å². The molecule has 1 amide bonds. The van der Waals surface area contributed by atoms with Crippen LogP contribution in [-0.4, -0.2) is 28.2 Å². The van der Waals surface area contributed by atoms with E-state index < -0.39 is 6.04 Å². The molecular weight excluding hydrogens is 390 g/mol. The molecule has 5 rings (SSSR count). The van der Waals surface area contributed by atoms with Crippen LogP contribution in [0.15, 0.2) is 53.3 Å². The van der Waals surface area contributed by atoms with Crippen molar-refractivity contribution >= 4 is 11.5 Å². The molecule has 0 radical (unpaired) electrons. The highest BCUT2D eigenvalue weighted by atomic mass is 16.3. The first-order valence-electron chi connectivity index (χ1n) is 11.2. The molecule has 3 aliphatic rings. The number of hydrogen-bond acceptors (Lipinski definition) is 4. The summed E-state index contributed by atoms with van der Waals surface area (Å²) < 4.78 is 1.85. The van der Waals surface area contributed by atoms with E-state index in [2.05, 4.69) is 16.7 Å². The van der Waals surface area contributed by atoms with Gasteiger partial charge in [-0.05, 0) is 49.5 Å². The Morgan fingerprint density at radius 3 is 2.77 bits per heavy atom. The van der Waals surface area contributed by atoms with Crippen molar-refractivity contribution in [2.75, 3.05) is 6.61 Å². The summed E-state index contributed by atoms with van der Waals surface area (Å²) in [7, 11) is 0. The second-order valence-electron chi connectivity index (χ2n) is 8.98.